The van der Waals surface area contributed by atoms with E-state index < -0.39 is 15.4 Å². The highest BCUT2D eigenvalue weighted by atomic mass is 16.4. The molecule has 0 aliphatic heterocycles. The Bertz CT molecular complexity index is 19.5. The summed E-state index contributed by atoms with van der Waals surface area (Å²) in [5.41, 5.74) is 0. The van der Waals surface area contributed by atoms with Crippen LogP contribution in [0, 0.1) is 0 Å². The third-order valence-corrected chi connectivity index (χ3v) is 0. The van der Waals surface area contributed by atoms with Crippen LogP contribution in [0.25, 0.3) is 0 Å². The molecular formula is C2H10B2O4. The molecule has 0 saturated carbocycles. The average Bonchev–Trinajstić information content (AvgIpc) is 1.75. The highest BCUT2D eigenvalue weighted by molar-refractivity contribution is 6.13. The van der Waals surface area contributed by atoms with E-state index in [0.717, 1.165) is 0 Å². The topological polar surface area (TPSA) is 80.9 Å². The fourth-order valence-corrected chi connectivity index (χ4v) is 0. The zero-order valence-electron chi connectivity index (χ0n) is 4.62. The molecule has 0 spiro atoms. The van der Waals surface area contributed by atoms with Crippen LogP contribution in [-0.4, -0.2) is 35.5 Å². The summed E-state index contributed by atoms with van der Waals surface area (Å²) < 4.78 is 0. The van der Waals surface area contributed by atoms with E-state index >= 15 is 0 Å². The Kier molecular flexibility index (Phi) is 146. The second-order valence-electron chi connectivity index (χ2n) is 0.283. The van der Waals surface area contributed by atoms with Crippen molar-refractivity contribution in [3.63, 3.8) is 0 Å². The smallest absolute Gasteiger partial charge is 0.430 e. The summed E-state index contributed by atoms with van der Waals surface area (Å²) in [6.07, 6.45) is 0. The van der Waals surface area contributed by atoms with Gasteiger partial charge in [-0.1, -0.05) is 0 Å². The van der Waals surface area contributed by atoms with E-state index in [1.54, 1.807) is 0 Å². The molecule has 0 rings (SSSR count). The molecule has 0 aliphatic rings. The zero-order chi connectivity index (χ0) is 7.41. The molecule has 0 radical (unpaired) electrons. The van der Waals surface area contributed by atoms with Crippen LogP contribution in [-0.2, 0) is 0 Å². The van der Waals surface area contributed by atoms with E-state index in [9.17, 15) is 0 Å². The van der Waals surface area contributed by atoms with E-state index in [0.29, 0.717) is 0 Å². The van der Waals surface area contributed by atoms with Gasteiger partial charge in [-0.2, -0.15) is 0 Å². The molecule has 4 N–H and O–H groups in total. The maximum Gasteiger partial charge on any atom is 0.432 e. The van der Waals surface area contributed by atoms with Gasteiger partial charge in [-0.25, -0.2) is 0 Å². The zero-order valence-corrected chi connectivity index (χ0v) is 4.62. The summed E-state index contributed by atoms with van der Waals surface area (Å²) in [4.78, 5) is 0. The fraction of sp³-hybridized carbons (Fsp3) is 0. The van der Waals surface area contributed by atoms with Crippen molar-refractivity contribution in [2.75, 3.05) is 0 Å². The standard InChI is InChI=1S/C2H4.2BH3O2/c1-2;2*2-1-3/h1-2H2;2*1-3H. The first kappa shape index (κ1) is 15.6. The molecule has 0 bridgehead atoms. The van der Waals surface area contributed by atoms with Gasteiger partial charge in [0.2, 0.25) is 0 Å². The quantitative estimate of drug-likeness (QED) is 0.206. The summed E-state index contributed by atoms with van der Waals surface area (Å²) >= 11 is 0. The van der Waals surface area contributed by atoms with Gasteiger partial charge in [0.25, 0.3) is 0 Å². The normalized spacial score (nSPS) is 4.00. The van der Waals surface area contributed by atoms with Crippen LogP contribution in [0.15, 0.2) is 13.2 Å². The van der Waals surface area contributed by atoms with Crippen molar-refractivity contribution in [2.24, 2.45) is 0 Å². The van der Waals surface area contributed by atoms with Crippen molar-refractivity contribution in [1.29, 1.82) is 0 Å². The van der Waals surface area contributed by atoms with E-state index in [1.165, 1.54) is 0 Å². The van der Waals surface area contributed by atoms with E-state index in [2.05, 4.69) is 13.2 Å². The fourth-order valence-electron chi connectivity index (χ4n) is 0. The van der Waals surface area contributed by atoms with Gasteiger partial charge in [0, 0.05) is 0 Å². The molecule has 48 valence electrons. The summed E-state index contributed by atoms with van der Waals surface area (Å²) in [6, 6.07) is 0. The van der Waals surface area contributed by atoms with Gasteiger partial charge in [-0.15, -0.1) is 13.2 Å². The first-order valence-electron chi connectivity index (χ1n) is 1.76. The van der Waals surface area contributed by atoms with Gasteiger partial charge < -0.3 is 20.1 Å². The molecule has 8 heavy (non-hydrogen) atoms. The van der Waals surface area contributed by atoms with E-state index in [1.807, 2.05) is 0 Å². The maximum atomic E-state index is 7.12. The Balaban J connectivity index is -0.0000000483. The van der Waals surface area contributed by atoms with Crippen LogP contribution < -0.4 is 0 Å². The van der Waals surface area contributed by atoms with E-state index in [-0.39, 0.29) is 0 Å². The minimum atomic E-state index is -0.750. The number of hydrogen-bond donors (Lipinski definition) is 4. The van der Waals surface area contributed by atoms with Crippen molar-refractivity contribution in [3.8, 4) is 0 Å². The monoisotopic (exact) mass is 120 g/mol. The molecule has 0 amide bonds. The van der Waals surface area contributed by atoms with Crippen molar-refractivity contribution in [2.45, 2.75) is 0 Å². The van der Waals surface area contributed by atoms with Gasteiger partial charge >= 0.3 is 15.4 Å². The molecule has 0 aliphatic carbocycles. The van der Waals surface area contributed by atoms with Crippen LogP contribution in [0.5, 0.6) is 0 Å². The van der Waals surface area contributed by atoms with Crippen molar-refractivity contribution in [1.82, 2.24) is 0 Å². The van der Waals surface area contributed by atoms with Gasteiger partial charge in [0.15, 0.2) is 0 Å². The van der Waals surface area contributed by atoms with Gasteiger partial charge in [-0.3, -0.25) is 0 Å². The highest BCUT2D eigenvalue weighted by Crippen LogP contribution is 1.08. The van der Waals surface area contributed by atoms with Crippen LogP contribution in [0.4, 0.5) is 0 Å². The summed E-state index contributed by atoms with van der Waals surface area (Å²) in [5.74, 6) is 0. The van der Waals surface area contributed by atoms with Crippen LogP contribution in [0.2, 0.25) is 0 Å². The Hall–Kier alpha value is -0.290. The SMILES string of the molecule is C=C.OBO.OBO. The van der Waals surface area contributed by atoms with E-state index in [4.69, 9.17) is 20.1 Å². The molecule has 0 atom stereocenters. The largest absolute Gasteiger partial charge is 0.432 e. The predicted molar refractivity (Wildman–Crippen MR) is 34.4 cm³/mol. The lowest BCUT2D eigenvalue weighted by molar-refractivity contribution is 0.447. The first-order chi connectivity index (χ1) is 3.83. The number of rotatable bonds is 0. The molecule has 0 aromatic heterocycles. The Morgan fingerprint density at radius 1 is 0.750 bits per heavy atom. The molecule has 0 fully saturated rings. The first-order valence-corrected chi connectivity index (χ1v) is 1.76. The second-order valence-corrected chi connectivity index (χ2v) is 0.283. The Morgan fingerprint density at radius 3 is 0.750 bits per heavy atom. The van der Waals surface area contributed by atoms with Crippen LogP contribution in [0.3, 0.4) is 0 Å². The van der Waals surface area contributed by atoms with Crippen molar-refractivity contribution >= 4 is 15.4 Å². The molecule has 0 saturated heterocycles. The third-order valence-electron chi connectivity index (χ3n) is 0. The lowest BCUT2D eigenvalue weighted by atomic mass is 10.5. The highest BCUT2D eigenvalue weighted by Gasteiger charge is 1.48. The summed E-state index contributed by atoms with van der Waals surface area (Å²) in [7, 11) is -1.50. The molecular weight excluding hydrogens is 110 g/mol. The molecule has 4 nitrogen and oxygen atoms in total. The minimum absolute atomic E-state index is 0.750. The maximum absolute atomic E-state index is 7.12. The second kappa shape index (κ2) is 74.8. The van der Waals surface area contributed by atoms with Crippen LogP contribution in [0.1, 0.15) is 0 Å². The van der Waals surface area contributed by atoms with Crippen molar-refractivity contribution < 1.29 is 20.1 Å². The molecule has 6 heteroatoms. The lowest BCUT2D eigenvalue weighted by Gasteiger charge is -1.48. The average molecular weight is 120 g/mol. The van der Waals surface area contributed by atoms with Crippen molar-refractivity contribution in [3.05, 3.63) is 13.2 Å². The van der Waals surface area contributed by atoms with Gasteiger partial charge in [-0.05, 0) is 0 Å². The Morgan fingerprint density at radius 2 is 0.750 bits per heavy atom. The molecule has 0 unspecified atom stereocenters. The number of hydrogen-bond acceptors (Lipinski definition) is 4. The van der Waals surface area contributed by atoms with Crippen LogP contribution >= 0.6 is 0 Å². The summed E-state index contributed by atoms with van der Waals surface area (Å²) in [5, 5.41) is 28.5. The van der Waals surface area contributed by atoms with Gasteiger partial charge in [0.05, 0.1) is 0 Å². The molecule has 0 aromatic rings. The predicted octanol–water partition coefficient (Wildman–Crippen LogP) is -2.72. The summed E-state index contributed by atoms with van der Waals surface area (Å²) in [6.45, 7) is 6.00. The molecule has 0 heterocycles. The minimum Gasteiger partial charge on any atom is -0.430 e. The molecule has 0 aromatic carbocycles. The lowest BCUT2D eigenvalue weighted by Crippen LogP contribution is -1.75. The Labute approximate surface area is 49.7 Å². The third kappa shape index (κ3) is 1500. The van der Waals surface area contributed by atoms with Gasteiger partial charge in [0.1, 0.15) is 0 Å².